The zero-order chi connectivity index (χ0) is 25.0. The first-order valence-electron chi connectivity index (χ1n) is 10.2. The lowest BCUT2D eigenvalue weighted by Crippen LogP contribution is -2.36. The molecule has 0 aliphatic carbocycles. The minimum absolute atomic E-state index is 0.0588. The predicted octanol–water partition coefficient (Wildman–Crippen LogP) is 5.33. The number of aryl methyl sites for hydroxylation is 2. The highest BCUT2D eigenvalue weighted by Gasteiger charge is 2.32. The number of rotatable bonds is 9. The quantitative estimate of drug-likeness (QED) is 0.350. The summed E-state index contributed by atoms with van der Waals surface area (Å²) < 4.78 is 52.4. The van der Waals surface area contributed by atoms with Gasteiger partial charge in [-0.1, -0.05) is 23.7 Å². The van der Waals surface area contributed by atoms with Crippen LogP contribution >= 0.6 is 22.9 Å². The topological polar surface area (TPSA) is 85.8 Å². The van der Waals surface area contributed by atoms with Crippen LogP contribution in [0.3, 0.4) is 0 Å². The zero-order valence-electron chi connectivity index (χ0n) is 19.0. The van der Waals surface area contributed by atoms with Gasteiger partial charge in [0.2, 0.25) is 4.34 Å². The van der Waals surface area contributed by atoms with Gasteiger partial charge in [0.25, 0.3) is 10.0 Å². The van der Waals surface area contributed by atoms with Crippen LogP contribution in [0.15, 0.2) is 46.1 Å². The summed E-state index contributed by atoms with van der Waals surface area (Å²) in [6.07, 6.45) is -1.45. The number of anilines is 1. The van der Waals surface area contributed by atoms with Crippen LogP contribution in [0.4, 0.5) is 10.1 Å². The summed E-state index contributed by atoms with van der Waals surface area (Å²) in [5.41, 5.74) is 2.42. The Morgan fingerprint density at radius 3 is 2.47 bits per heavy atom. The number of hydrogen-bond donors (Lipinski definition) is 0. The van der Waals surface area contributed by atoms with Crippen LogP contribution in [0, 0.1) is 13.8 Å². The van der Waals surface area contributed by atoms with Crippen molar-refractivity contribution in [1.82, 2.24) is 4.98 Å². The first-order chi connectivity index (χ1) is 16.0. The van der Waals surface area contributed by atoms with Gasteiger partial charge in [0.05, 0.1) is 24.9 Å². The summed E-state index contributed by atoms with van der Waals surface area (Å²) in [6, 6.07) is 9.64. The van der Waals surface area contributed by atoms with Crippen molar-refractivity contribution in [2.24, 2.45) is 0 Å². The van der Waals surface area contributed by atoms with Gasteiger partial charge < -0.3 is 9.47 Å². The van der Waals surface area contributed by atoms with E-state index in [-0.39, 0.29) is 22.4 Å². The van der Waals surface area contributed by atoms with Crippen molar-refractivity contribution in [2.45, 2.75) is 37.9 Å². The molecule has 7 nitrogen and oxygen atoms in total. The molecule has 34 heavy (non-hydrogen) atoms. The van der Waals surface area contributed by atoms with Crippen molar-refractivity contribution in [3.8, 4) is 5.75 Å². The second-order valence-corrected chi connectivity index (χ2v) is 10.9. The minimum atomic E-state index is -4.16. The number of carbonyl (C=O) groups is 1. The highest BCUT2D eigenvalue weighted by molar-refractivity contribution is 7.94. The van der Waals surface area contributed by atoms with Crippen LogP contribution in [0.2, 0.25) is 5.02 Å². The van der Waals surface area contributed by atoms with E-state index >= 15 is 0 Å². The Bertz CT molecular complexity index is 1280. The molecule has 0 N–H and O–H groups in total. The summed E-state index contributed by atoms with van der Waals surface area (Å²) in [6.45, 7) is 4.32. The second-order valence-electron chi connectivity index (χ2n) is 7.62. The summed E-state index contributed by atoms with van der Waals surface area (Å²) in [4.78, 5) is 15.7. The van der Waals surface area contributed by atoms with E-state index in [1.54, 1.807) is 49.6 Å². The van der Waals surface area contributed by atoms with Crippen LogP contribution in [-0.2, 0) is 21.4 Å². The molecular weight excluding hydrogens is 503 g/mol. The number of thiazole rings is 1. The van der Waals surface area contributed by atoms with Crippen LogP contribution in [0.25, 0.3) is 0 Å². The molecule has 2 aromatic carbocycles. The number of halogens is 2. The number of benzene rings is 2. The predicted molar refractivity (Wildman–Crippen MR) is 130 cm³/mol. The van der Waals surface area contributed by atoms with Gasteiger partial charge in [-0.25, -0.2) is 14.2 Å². The highest BCUT2D eigenvalue weighted by Crippen LogP contribution is 2.38. The molecule has 0 fully saturated rings. The molecule has 0 radical (unpaired) electrons. The van der Waals surface area contributed by atoms with E-state index in [9.17, 15) is 17.6 Å². The van der Waals surface area contributed by atoms with E-state index in [0.29, 0.717) is 21.8 Å². The number of carbonyl (C=O) groups excluding carboxylic acids is 1. The summed E-state index contributed by atoms with van der Waals surface area (Å²) in [5, 5.41) is 1.99. The first kappa shape index (κ1) is 25.9. The van der Waals surface area contributed by atoms with E-state index in [1.165, 1.54) is 20.1 Å². The van der Waals surface area contributed by atoms with Gasteiger partial charge in [-0.2, -0.15) is 8.42 Å². The fourth-order valence-corrected chi connectivity index (χ4v) is 5.90. The van der Waals surface area contributed by atoms with Gasteiger partial charge in [0, 0.05) is 22.2 Å². The van der Waals surface area contributed by atoms with Crippen molar-refractivity contribution in [1.29, 1.82) is 0 Å². The summed E-state index contributed by atoms with van der Waals surface area (Å²) in [5.74, 6) is -0.288. The monoisotopic (exact) mass is 526 g/mol. The first-order valence-corrected chi connectivity index (χ1v) is 12.9. The van der Waals surface area contributed by atoms with Crippen molar-refractivity contribution >= 4 is 44.6 Å². The average molecular weight is 527 g/mol. The molecular formula is C23H24ClFN2O5S2. The number of aromatic nitrogens is 1. The second kappa shape index (κ2) is 10.7. The van der Waals surface area contributed by atoms with Gasteiger partial charge in [-0.15, -0.1) is 11.3 Å². The summed E-state index contributed by atoms with van der Waals surface area (Å²) in [7, 11) is -2.86. The Kier molecular flexibility index (Phi) is 8.17. The molecule has 0 bridgehead atoms. The molecule has 3 rings (SSSR count). The Morgan fingerprint density at radius 1 is 1.24 bits per heavy atom. The molecule has 182 valence electrons. The Hall–Kier alpha value is -2.69. The number of methoxy groups -OCH3 is 1. The average Bonchev–Trinajstić information content (AvgIpc) is 3.25. The highest BCUT2D eigenvalue weighted by atomic mass is 35.5. The van der Waals surface area contributed by atoms with Gasteiger partial charge in [-0.3, -0.25) is 4.31 Å². The van der Waals surface area contributed by atoms with Crippen LogP contribution in [0.5, 0.6) is 5.75 Å². The summed E-state index contributed by atoms with van der Waals surface area (Å²) >= 11 is 7.27. The Labute approximate surface area is 207 Å². The molecule has 1 atom stereocenters. The third kappa shape index (κ3) is 5.86. The molecule has 11 heteroatoms. The van der Waals surface area contributed by atoms with E-state index in [0.717, 1.165) is 21.2 Å². The maximum Gasteiger partial charge on any atom is 0.337 e. The van der Waals surface area contributed by atoms with Gasteiger partial charge in [0.1, 0.15) is 18.5 Å². The van der Waals surface area contributed by atoms with Crippen LogP contribution < -0.4 is 9.04 Å². The fraction of sp³-hybridized carbons (Fsp3) is 0.304. The third-order valence-electron chi connectivity index (χ3n) is 4.80. The molecule has 0 spiro atoms. The van der Waals surface area contributed by atoms with Crippen LogP contribution in [0.1, 0.15) is 34.1 Å². The van der Waals surface area contributed by atoms with E-state index < -0.39 is 28.7 Å². The van der Waals surface area contributed by atoms with Crippen molar-refractivity contribution < 1.29 is 27.1 Å². The van der Waals surface area contributed by atoms with E-state index in [2.05, 4.69) is 4.98 Å². The smallest absolute Gasteiger partial charge is 0.337 e. The number of esters is 1. The minimum Gasteiger partial charge on any atom is -0.487 e. The number of hydrogen-bond acceptors (Lipinski definition) is 7. The van der Waals surface area contributed by atoms with Gasteiger partial charge >= 0.3 is 5.97 Å². The van der Waals surface area contributed by atoms with Gasteiger partial charge in [0.15, 0.2) is 0 Å². The zero-order valence-corrected chi connectivity index (χ0v) is 21.4. The number of sulfonamides is 1. The van der Waals surface area contributed by atoms with Gasteiger partial charge in [-0.05, 0) is 50.1 Å². The molecule has 0 aliphatic rings. The molecule has 1 heterocycles. The molecule has 1 unspecified atom stereocenters. The number of nitrogens with zero attached hydrogens (tertiary/aromatic N) is 2. The maximum absolute atomic E-state index is 14.2. The fourth-order valence-electron chi connectivity index (χ4n) is 3.07. The number of alkyl halides is 1. The lowest BCUT2D eigenvalue weighted by Gasteiger charge is -2.26. The molecule has 1 aromatic heterocycles. The van der Waals surface area contributed by atoms with E-state index in [4.69, 9.17) is 21.1 Å². The van der Waals surface area contributed by atoms with Crippen molar-refractivity contribution in [3.05, 3.63) is 69.2 Å². The number of ether oxygens (including phenoxy) is 2. The molecule has 0 saturated heterocycles. The Balaban J connectivity index is 1.99. The maximum atomic E-state index is 14.2. The van der Waals surface area contributed by atoms with Crippen LogP contribution in [-0.4, -0.2) is 39.2 Å². The molecule has 0 saturated carbocycles. The third-order valence-corrected chi connectivity index (χ3v) is 8.34. The van der Waals surface area contributed by atoms with Crippen molar-refractivity contribution in [2.75, 3.05) is 18.0 Å². The lowest BCUT2D eigenvalue weighted by molar-refractivity contribution is 0.0600. The SMILES string of the molecule is COC(=O)c1ccc(COc2cc(Cl)c(C)cc2N(CC(C)F)S(=O)(=O)c2nc(C)cs2)cc1. The Morgan fingerprint density at radius 2 is 1.91 bits per heavy atom. The van der Waals surface area contributed by atoms with Crippen molar-refractivity contribution in [3.63, 3.8) is 0 Å². The standard InChI is InChI=1S/C23H24ClFN2O5S2/c1-14-9-20(27(11-15(2)25)34(29,30)23-26-16(3)13-33-23)21(10-19(14)24)32-12-17-5-7-18(8-6-17)22(28)31-4/h5-10,13,15H,11-12H2,1-4H3. The molecule has 0 aliphatic heterocycles. The normalized spacial score (nSPS) is 12.3. The lowest BCUT2D eigenvalue weighted by atomic mass is 10.1. The largest absolute Gasteiger partial charge is 0.487 e. The molecule has 3 aromatic rings. The molecule has 0 amide bonds. The van der Waals surface area contributed by atoms with E-state index in [1.807, 2.05) is 0 Å².